The van der Waals surface area contributed by atoms with Gasteiger partial charge >= 0.3 is 5.97 Å². The number of fused-ring (bicyclic) bond motifs is 3. The average Bonchev–Trinajstić information content (AvgIpc) is 3.12. The maximum absolute atomic E-state index is 11.7. The zero-order chi connectivity index (χ0) is 18.6. The van der Waals surface area contributed by atoms with Gasteiger partial charge < -0.3 is 4.74 Å². The Morgan fingerprint density at radius 1 is 1.07 bits per heavy atom. The van der Waals surface area contributed by atoms with Gasteiger partial charge in [0.25, 0.3) is 0 Å². The molecule has 0 bridgehead atoms. The highest BCUT2D eigenvalue weighted by Gasteiger charge is 2.17. The topological polar surface area (TPSA) is 69.4 Å². The number of para-hydroxylation sites is 1. The zero-order valence-corrected chi connectivity index (χ0v) is 15.6. The minimum absolute atomic E-state index is 0.187. The van der Waals surface area contributed by atoms with Crippen molar-refractivity contribution < 1.29 is 9.53 Å². The Hall–Kier alpha value is -2.93. The van der Waals surface area contributed by atoms with Crippen LogP contribution in [0.2, 0.25) is 0 Å². The van der Waals surface area contributed by atoms with Gasteiger partial charge in [0.2, 0.25) is 0 Å². The third-order valence-electron chi connectivity index (χ3n) is 4.12. The average molecular weight is 378 g/mol. The van der Waals surface area contributed by atoms with Crippen LogP contribution in [0.4, 0.5) is 0 Å². The van der Waals surface area contributed by atoms with Crippen molar-refractivity contribution in [1.29, 1.82) is 0 Å². The fourth-order valence-electron chi connectivity index (χ4n) is 2.94. The molecule has 0 saturated carbocycles. The van der Waals surface area contributed by atoms with E-state index < -0.39 is 0 Å². The van der Waals surface area contributed by atoms with Gasteiger partial charge in [0, 0.05) is 11.8 Å². The van der Waals surface area contributed by atoms with Crippen molar-refractivity contribution >= 4 is 34.3 Å². The molecule has 6 nitrogen and oxygen atoms in total. The Balaban J connectivity index is 1.80. The van der Waals surface area contributed by atoms with E-state index >= 15 is 0 Å². The Morgan fingerprint density at radius 2 is 1.85 bits per heavy atom. The van der Waals surface area contributed by atoms with E-state index in [9.17, 15) is 4.79 Å². The van der Waals surface area contributed by atoms with Crippen LogP contribution in [0.3, 0.4) is 0 Å². The van der Waals surface area contributed by atoms with Crippen LogP contribution < -0.4 is 0 Å². The molecule has 7 heteroatoms. The molecule has 0 N–H and O–H groups in total. The molecule has 0 spiro atoms. The number of aromatic nitrogens is 4. The molecule has 2 aromatic carbocycles. The molecule has 0 atom stereocenters. The molecule has 0 fully saturated rings. The molecule has 2 aromatic heterocycles. The molecule has 0 unspecified atom stereocenters. The molecule has 0 saturated heterocycles. The minimum Gasteiger partial charge on any atom is -0.465 e. The predicted octanol–water partition coefficient (Wildman–Crippen LogP) is 3.52. The normalized spacial score (nSPS) is 11.1. The van der Waals surface area contributed by atoms with Crippen molar-refractivity contribution in [3.63, 3.8) is 0 Å². The van der Waals surface area contributed by atoms with Gasteiger partial charge in [-0.15, -0.1) is 10.2 Å². The van der Waals surface area contributed by atoms with Crippen LogP contribution in [0.15, 0.2) is 59.8 Å². The van der Waals surface area contributed by atoms with Crippen molar-refractivity contribution in [2.45, 2.75) is 18.5 Å². The molecule has 0 aliphatic heterocycles. The number of thioether (sulfide) groups is 1. The van der Waals surface area contributed by atoms with E-state index in [2.05, 4.69) is 22.3 Å². The monoisotopic (exact) mass is 378 g/mol. The summed E-state index contributed by atoms with van der Waals surface area (Å²) < 4.78 is 6.96. The van der Waals surface area contributed by atoms with Gasteiger partial charge in [-0.1, -0.05) is 54.2 Å². The minimum atomic E-state index is -0.266. The quantitative estimate of drug-likeness (QED) is 0.378. The van der Waals surface area contributed by atoms with Crippen LogP contribution in [0.25, 0.3) is 16.6 Å². The Bertz CT molecular complexity index is 1100. The smallest absolute Gasteiger partial charge is 0.316 e. The van der Waals surface area contributed by atoms with Crippen molar-refractivity contribution in [3.8, 4) is 0 Å². The number of rotatable bonds is 6. The van der Waals surface area contributed by atoms with E-state index in [-0.39, 0.29) is 11.7 Å². The number of hydrogen-bond acceptors (Lipinski definition) is 6. The molecule has 0 radical (unpaired) electrons. The number of esters is 1. The van der Waals surface area contributed by atoms with Crippen molar-refractivity contribution in [1.82, 2.24) is 19.6 Å². The highest BCUT2D eigenvalue weighted by molar-refractivity contribution is 7.99. The first-order valence-electron chi connectivity index (χ1n) is 8.71. The van der Waals surface area contributed by atoms with Crippen molar-refractivity contribution in [2.75, 3.05) is 12.4 Å². The van der Waals surface area contributed by atoms with Gasteiger partial charge in [0.1, 0.15) is 5.82 Å². The number of ether oxygens (including phenoxy) is 1. The standard InChI is InChI=1S/C20H18N4O2S/c1-2-26-18(25)13-27-20-23-22-19-15-10-6-7-11-16(15)21-17(24(19)20)12-14-8-4-3-5-9-14/h3-11H,2,12-13H2,1H3. The summed E-state index contributed by atoms with van der Waals surface area (Å²) in [6.45, 7) is 2.16. The first-order valence-corrected chi connectivity index (χ1v) is 9.70. The first-order chi connectivity index (χ1) is 13.3. The lowest BCUT2D eigenvalue weighted by molar-refractivity contribution is -0.139. The summed E-state index contributed by atoms with van der Waals surface area (Å²) in [6, 6.07) is 18.0. The number of carbonyl (C=O) groups is 1. The molecule has 136 valence electrons. The summed E-state index contributed by atoms with van der Waals surface area (Å²) in [7, 11) is 0. The van der Waals surface area contributed by atoms with Crippen LogP contribution in [-0.2, 0) is 16.0 Å². The number of benzene rings is 2. The Labute approximate surface area is 160 Å². The second-order valence-corrected chi connectivity index (χ2v) is 6.89. The van der Waals surface area contributed by atoms with Crippen LogP contribution in [0.1, 0.15) is 18.3 Å². The van der Waals surface area contributed by atoms with E-state index in [0.29, 0.717) is 18.2 Å². The molecular formula is C20H18N4O2S. The molecule has 2 heterocycles. The SMILES string of the molecule is CCOC(=O)CSc1nnc2c3ccccc3nc(Cc3ccccc3)n12. The first kappa shape index (κ1) is 17.5. The van der Waals surface area contributed by atoms with Crippen LogP contribution in [-0.4, -0.2) is 37.9 Å². The fourth-order valence-corrected chi connectivity index (χ4v) is 3.69. The number of nitrogens with zero attached hydrogens (tertiary/aromatic N) is 4. The summed E-state index contributed by atoms with van der Waals surface area (Å²) in [5.74, 6) is 0.760. The molecule has 0 aliphatic rings. The highest BCUT2D eigenvalue weighted by atomic mass is 32.2. The summed E-state index contributed by atoms with van der Waals surface area (Å²) in [5, 5.41) is 10.3. The van der Waals surface area contributed by atoms with Crippen LogP contribution in [0.5, 0.6) is 0 Å². The fraction of sp³-hybridized carbons (Fsp3) is 0.200. The van der Waals surface area contributed by atoms with Crippen molar-refractivity contribution in [3.05, 3.63) is 66.0 Å². The maximum atomic E-state index is 11.7. The maximum Gasteiger partial charge on any atom is 0.316 e. The second kappa shape index (κ2) is 7.75. The van der Waals surface area contributed by atoms with Crippen LogP contribution in [0, 0.1) is 0 Å². The van der Waals surface area contributed by atoms with E-state index in [1.807, 2.05) is 46.9 Å². The van der Waals surface area contributed by atoms with Crippen molar-refractivity contribution in [2.24, 2.45) is 0 Å². The number of carbonyl (C=O) groups excluding carboxylic acids is 1. The van der Waals surface area contributed by atoms with Gasteiger partial charge in [-0.2, -0.15) is 0 Å². The van der Waals surface area contributed by atoms with E-state index in [0.717, 1.165) is 27.9 Å². The zero-order valence-electron chi connectivity index (χ0n) is 14.8. The molecule has 4 aromatic rings. The lowest BCUT2D eigenvalue weighted by Gasteiger charge is -2.09. The lowest BCUT2D eigenvalue weighted by atomic mass is 10.1. The molecule has 4 rings (SSSR count). The lowest BCUT2D eigenvalue weighted by Crippen LogP contribution is -2.08. The van der Waals surface area contributed by atoms with Gasteiger partial charge in [-0.25, -0.2) is 4.98 Å². The Morgan fingerprint density at radius 3 is 2.67 bits per heavy atom. The summed E-state index contributed by atoms with van der Waals surface area (Å²) in [4.78, 5) is 16.6. The highest BCUT2D eigenvalue weighted by Crippen LogP contribution is 2.25. The number of hydrogen-bond donors (Lipinski definition) is 0. The van der Waals surface area contributed by atoms with Gasteiger partial charge in [-0.05, 0) is 24.6 Å². The summed E-state index contributed by atoms with van der Waals surface area (Å²) in [6.07, 6.45) is 0.646. The van der Waals surface area contributed by atoms with Gasteiger partial charge in [0.15, 0.2) is 10.8 Å². The van der Waals surface area contributed by atoms with E-state index in [1.54, 1.807) is 6.92 Å². The predicted molar refractivity (Wildman–Crippen MR) is 105 cm³/mol. The third-order valence-corrected chi connectivity index (χ3v) is 5.02. The summed E-state index contributed by atoms with van der Waals surface area (Å²) >= 11 is 1.31. The second-order valence-electron chi connectivity index (χ2n) is 5.94. The molecular weight excluding hydrogens is 360 g/mol. The van der Waals surface area contributed by atoms with Crippen LogP contribution >= 0.6 is 11.8 Å². The Kier molecular flexibility index (Phi) is 5.02. The van der Waals surface area contributed by atoms with E-state index in [1.165, 1.54) is 11.8 Å². The van der Waals surface area contributed by atoms with Gasteiger partial charge in [0.05, 0.1) is 17.9 Å². The van der Waals surface area contributed by atoms with Gasteiger partial charge in [-0.3, -0.25) is 9.20 Å². The van der Waals surface area contributed by atoms with E-state index in [4.69, 9.17) is 9.72 Å². The summed E-state index contributed by atoms with van der Waals surface area (Å²) in [5.41, 5.74) is 2.78. The molecule has 0 amide bonds. The molecule has 0 aliphatic carbocycles. The molecule has 27 heavy (non-hydrogen) atoms. The third kappa shape index (κ3) is 3.64. The largest absolute Gasteiger partial charge is 0.465 e.